The van der Waals surface area contributed by atoms with Gasteiger partial charge in [0.25, 0.3) is 0 Å². The molecule has 2 aromatic carbocycles. The zero-order chi connectivity index (χ0) is 13.8. The quantitative estimate of drug-likeness (QED) is 0.828. The van der Waals surface area contributed by atoms with Gasteiger partial charge in [0.2, 0.25) is 0 Å². The number of carboxylic acids is 1. The lowest BCUT2D eigenvalue weighted by atomic mass is 10.2. The maximum atomic E-state index is 10.9. The largest absolute Gasteiger partial charge is 0.507 e. The molecule has 0 atom stereocenters. The second-order valence-electron chi connectivity index (χ2n) is 3.66. The summed E-state index contributed by atoms with van der Waals surface area (Å²) in [6.45, 7) is 0. The molecule has 0 saturated heterocycles. The van der Waals surface area contributed by atoms with Gasteiger partial charge in [0, 0.05) is 4.47 Å². The van der Waals surface area contributed by atoms with Crippen molar-refractivity contribution >= 4 is 33.3 Å². The van der Waals surface area contributed by atoms with Crippen LogP contribution in [0.5, 0.6) is 5.75 Å². The summed E-state index contributed by atoms with van der Waals surface area (Å²) in [6, 6.07) is 11.3. The van der Waals surface area contributed by atoms with Crippen molar-refractivity contribution in [1.29, 1.82) is 0 Å². The first-order valence-corrected chi connectivity index (χ1v) is 6.10. The average Bonchev–Trinajstić information content (AvgIpc) is 2.39. The van der Waals surface area contributed by atoms with E-state index in [0.717, 1.165) is 4.47 Å². The molecule has 96 valence electrons. The zero-order valence-electron chi connectivity index (χ0n) is 9.62. The average molecular weight is 321 g/mol. The first kappa shape index (κ1) is 13.2. The number of rotatable bonds is 3. The topological polar surface area (TPSA) is 82.2 Å². The maximum Gasteiger partial charge on any atom is 0.339 e. The van der Waals surface area contributed by atoms with Crippen LogP contribution in [-0.2, 0) is 0 Å². The molecule has 0 radical (unpaired) electrons. The number of hydrogen-bond donors (Lipinski definition) is 2. The van der Waals surface area contributed by atoms with Gasteiger partial charge in [-0.25, -0.2) is 4.79 Å². The number of nitrogens with zero attached hydrogens (tertiary/aromatic N) is 2. The number of aromatic hydroxyl groups is 1. The molecule has 0 aliphatic carbocycles. The van der Waals surface area contributed by atoms with E-state index in [9.17, 15) is 9.90 Å². The molecular weight excluding hydrogens is 312 g/mol. The van der Waals surface area contributed by atoms with E-state index in [1.165, 1.54) is 18.2 Å². The van der Waals surface area contributed by atoms with Gasteiger partial charge in [0.15, 0.2) is 0 Å². The van der Waals surface area contributed by atoms with Crippen molar-refractivity contribution in [3.8, 4) is 5.75 Å². The van der Waals surface area contributed by atoms with Gasteiger partial charge in [-0.15, -0.1) is 5.11 Å². The van der Waals surface area contributed by atoms with Crippen molar-refractivity contribution < 1.29 is 15.0 Å². The number of carbonyl (C=O) groups is 1. The Bertz CT molecular complexity index is 656. The zero-order valence-corrected chi connectivity index (χ0v) is 11.2. The van der Waals surface area contributed by atoms with Crippen LogP contribution >= 0.6 is 15.9 Å². The van der Waals surface area contributed by atoms with Crippen molar-refractivity contribution in [2.24, 2.45) is 10.2 Å². The summed E-state index contributed by atoms with van der Waals surface area (Å²) in [4.78, 5) is 10.9. The van der Waals surface area contributed by atoms with Gasteiger partial charge in [-0.3, -0.25) is 0 Å². The monoisotopic (exact) mass is 320 g/mol. The lowest BCUT2D eigenvalue weighted by Crippen LogP contribution is -1.95. The van der Waals surface area contributed by atoms with E-state index in [4.69, 9.17) is 5.11 Å². The van der Waals surface area contributed by atoms with E-state index in [-0.39, 0.29) is 11.3 Å². The predicted molar refractivity (Wildman–Crippen MR) is 73.4 cm³/mol. The van der Waals surface area contributed by atoms with Crippen LogP contribution in [0.2, 0.25) is 0 Å². The summed E-state index contributed by atoms with van der Waals surface area (Å²) in [6.07, 6.45) is 0. The Balaban J connectivity index is 2.32. The summed E-state index contributed by atoms with van der Waals surface area (Å²) in [7, 11) is 0. The van der Waals surface area contributed by atoms with Crippen LogP contribution in [0, 0.1) is 0 Å². The lowest BCUT2D eigenvalue weighted by molar-refractivity contribution is 0.0694. The first-order chi connectivity index (χ1) is 9.08. The molecule has 0 heterocycles. The van der Waals surface area contributed by atoms with Crippen molar-refractivity contribution in [3.05, 3.63) is 52.5 Å². The van der Waals surface area contributed by atoms with Gasteiger partial charge >= 0.3 is 5.97 Å². The van der Waals surface area contributed by atoms with E-state index < -0.39 is 5.97 Å². The SMILES string of the molecule is O=C(O)c1cc(N=Nc2ccccc2Br)ccc1O. The van der Waals surface area contributed by atoms with E-state index >= 15 is 0 Å². The van der Waals surface area contributed by atoms with E-state index in [1.807, 2.05) is 18.2 Å². The first-order valence-electron chi connectivity index (χ1n) is 5.30. The Morgan fingerprint density at radius 3 is 2.53 bits per heavy atom. The normalized spacial score (nSPS) is 10.8. The van der Waals surface area contributed by atoms with Crippen LogP contribution in [0.1, 0.15) is 10.4 Å². The van der Waals surface area contributed by atoms with Crippen LogP contribution in [0.25, 0.3) is 0 Å². The third-order valence-electron chi connectivity index (χ3n) is 2.34. The fourth-order valence-electron chi connectivity index (χ4n) is 1.40. The number of hydrogen-bond acceptors (Lipinski definition) is 4. The third kappa shape index (κ3) is 3.17. The lowest BCUT2D eigenvalue weighted by Gasteiger charge is -2.00. The van der Waals surface area contributed by atoms with Gasteiger partial charge < -0.3 is 10.2 Å². The van der Waals surface area contributed by atoms with Crippen LogP contribution in [-0.4, -0.2) is 16.2 Å². The highest BCUT2D eigenvalue weighted by molar-refractivity contribution is 9.10. The molecule has 0 aliphatic heterocycles. The highest BCUT2D eigenvalue weighted by Gasteiger charge is 2.09. The summed E-state index contributed by atoms with van der Waals surface area (Å²) >= 11 is 3.33. The highest BCUT2D eigenvalue weighted by atomic mass is 79.9. The minimum Gasteiger partial charge on any atom is -0.507 e. The smallest absolute Gasteiger partial charge is 0.339 e. The van der Waals surface area contributed by atoms with Crippen LogP contribution in [0.3, 0.4) is 0 Å². The maximum absolute atomic E-state index is 10.9. The molecule has 19 heavy (non-hydrogen) atoms. The van der Waals surface area contributed by atoms with Gasteiger partial charge in [-0.05, 0) is 46.3 Å². The second kappa shape index (κ2) is 5.62. The molecule has 0 saturated carbocycles. The Hall–Kier alpha value is -2.21. The van der Waals surface area contributed by atoms with Crippen LogP contribution in [0.4, 0.5) is 11.4 Å². The Morgan fingerprint density at radius 2 is 1.84 bits per heavy atom. The molecule has 0 aliphatic rings. The fourth-order valence-corrected chi connectivity index (χ4v) is 1.77. The summed E-state index contributed by atoms with van der Waals surface area (Å²) < 4.78 is 0.788. The molecule has 2 aromatic rings. The number of phenols is 1. The van der Waals surface area contributed by atoms with Gasteiger partial charge in [0.1, 0.15) is 11.3 Å². The number of aromatic carboxylic acids is 1. The number of benzene rings is 2. The number of halogens is 1. The van der Waals surface area contributed by atoms with Gasteiger partial charge in [-0.1, -0.05) is 12.1 Å². The van der Waals surface area contributed by atoms with Gasteiger partial charge in [-0.2, -0.15) is 5.11 Å². The summed E-state index contributed by atoms with van der Waals surface area (Å²) in [5, 5.41) is 26.2. The van der Waals surface area contributed by atoms with Gasteiger partial charge in [0.05, 0.1) is 11.4 Å². The predicted octanol–water partition coefficient (Wildman–Crippen LogP) is 4.27. The molecule has 0 spiro atoms. The molecule has 6 heteroatoms. The molecule has 0 unspecified atom stereocenters. The minimum absolute atomic E-state index is 0.205. The Morgan fingerprint density at radius 1 is 1.11 bits per heavy atom. The molecule has 2 N–H and O–H groups in total. The van der Waals surface area contributed by atoms with E-state index in [0.29, 0.717) is 11.4 Å². The van der Waals surface area contributed by atoms with Crippen molar-refractivity contribution in [1.82, 2.24) is 0 Å². The molecule has 2 rings (SSSR count). The minimum atomic E-state index is -1.21. The highest BCUT2D eigenvalue weighted by Crippen LogP contribution is 2.28. The molecule has 0 bridgehead atoms. The third-order valence-corrected chi connectivity index (χ3v) is 3.01. The fraction of sp³-hybridized carbons (Fsp3) is 0. The number of azo groups is 1. The summed E-state index contributed by atoms with van der Waals surface area (Å²) in [5.41, 5.74) is 0.780. The Kier molecular flexibility index (Phi) is 3.91. The van der Waals surface area contributed by atoms with E-state index in [1.54, 1.807) is 6.07 Å². The van der Waals surface area contributed by atoms with Crippen molar-refractivity contribution in [2.45, 2.75) is 0 Å². The Labute approximate surface area is 117 Å². The van der Waals surface area contributed by atoms with Crippen molar-refractivity contribution in [2.75, 3.05) is 0 Å². The molecule has 0 aromatic heterocycles. The van der Waals surface area contributed by atoms with Crippen LogP contribution < -0.4 is 0 Å². The molecule has 0 fully saturated rings. The number of carboxylic acid groups (broad SMARTS) is 1. The standard InChI is InChI=1S/C13H9BrN2O3/c14-10-3-1-2-4-11(10)16-15-8-5-6-12(17)9(7-8)13(18)19/h1-7,17H,(H,18,19). The molecule has 0 amide bonds. The van der Waals surface area contributed by atoms with E-state index in [2.05, 4.69) is 26.2 Å². The van der Waals surface area contributed by atoms with Crippen LogP contribution in [0.15, 0.2) is 57.2 Å². The second-order valence-corrected chi connectivity index (χ2v) is 4.51. The summed E-state index contributed by atoms with van der Waals surface area (Å²) in [5.74, 6) is -1.51. The van der Waals surface area contributed by atoms with Crippen molar-refractivity contribution in [3.63, 3.8) is 0 Å². The molecular formula is C13H9BrN2O3. The molecule has 5 nitrogen and oxygen atoms in total.